The first-order valence-electron chi connectivity index (χ1n) is 9.10. The molecule has 2 aromatic rings. The normalized spacial score (nSPS) is 16.8. The lowest BCUT2D eigenvalue weighted by Gasteiger charge is -2.25. The van der Waals surface area contributed by atoms with E-state index in [1.54, 1.807) is 24.4 Å². The van der Waals surface area contributed by atoms with Gasteiger partial charge in [-0.2, -0.15) is 0 Å². The van der Waals surface area contributed by atoms with Gasteiger partial charge in [-0.15, -0.1) is 0 Å². The van der Waals surface area contributed by atoms with Crippen LogP contribution in [-0.4, -0.2) is 17.4 Å². The average Bonchev–Trinajstić information content (AvgIpc) is 3.41. The molecule has 1 aromatic heterocycles. The van der Waals surface area contributed by atoms with Gasteiger partial charge in [-0.05, 0) is 67.3 Å². The van der Waals surface area contributed by atoms with Gasteiger partial charge >= 0.3 is 0 Å². The van der Waals surface area contributed by atoms with E-state index in [1.807, 2.05) is 6.07 Å². The van der Waals surface area contributed by atoms with Crippen molar-refractivity contribution in [2.75, 3.05) is 11.9 Å². The van der Waals surface area contributed by atoms with Crippen LogP contribution < -0.4 is 10.6 Å². The van der Waals surface area contributed by atoms with Crippen LogP contribution >= 0.6 is 23.2 Å². The van der Waals surface area contributed by atoms with Crippen LogP contribution in [0.2, 0.25) is 10.0 Å². The molecule has 6 heteroatoms. The molecule has 4 rings (SSSR count). The van der Waals surface area contributed by atoms with Gasteiger partial charge in [0.2, 0.25) is 0 Å². The molecule has 1 heterocycles. The van der Waals surface area contributed by atoms with Gasteiger partial charge in [-0.1, -0.05) is 29.6 Å². The molecule has 0 aliphatic heterocycles. The highest BCUT2D eigenvalue weighted by Crippen LogP contribution is 2.42. The minimum Gasteiger partial charge on any atom is -0.352 e. The lowest BCUT2D eigenvalue weighted by molar-refractivity contribution is 0.0937. The Labute approximate surface area is 163 Å². The number of pyridine rings is 1. The third kappa shape index (κ3) is 3.97. The first kappa shape index (κ1) is 17.6. The van der Waals surface area contributed by atoms with E-state index >= 15 is 0 Å². The van der Waals surface area contributed by atoms with E-state index in [4.69, 9.17) is 23.2 Å². The number of hydrogen-bond donors (Lipinski definition) is 2. The molecular weight excluding hydrogens is 369 g/mol. The number of carbonyl (C=O) groups is 1. The summed E-state index contributed by atoms with van der Waals surface area (Å²) >= 11 is 12.3. The summed E-state index contributed by atoms with van der Waals surface area (Å²) < 4.78 is 0. The van der Waals surface area contributed by atoms with Crippen molar-refractivity contribution in [2.24, 2.45) is 5.92 Å². The molecule has 0 spiro atoms. The number of carbonyl (C=O) groups excluding carboxylic acids is 1. The van der Waals surface area contributed by atoms with E-state index in [0.29, 0.717) is 38.9 Å². The molecule has 0 radical (unpaired) electrons. The Morgan fingerprint density at radius 1 is 1.15 bits per heavy atom. The summed E-state index contributed by atoms with van der Waals surface area (Å²) in [5.41, 5.74) is 2.46. The molecule has 2 saturated carbocycles. The second kappa shape index (κ2) is 7.45. The second-order valence-corrected chi connectivity index (χ2v) is 8.03. The van der Waals surface area contributed by atoms with E-state index in [-0.39, 0.29) is 5.91 Å². The van der Waals surface area contributed by atoms with Crippen LogP contribution in [0.15, 0.2) is 30.5 Å². The standard InChI is InChI=1S/C20H21Cl2N3O/c21-14-6-7-17(22)18(8-14)25-19-9-15(13-4-5-13)16(11-23-19)20(26)24-10-12-2-1-3-12/h6-9,11-13H,1-5,10H2,(H,23,25)(H,24,26). The summed E-state index contributed by atoms with van der Waals surface area (Å²) in [5.74, 6) is 1.74. The highest BCUT2D eigenvalue weighted by atomic mass is 35.5. The van der Waals surface area contributed by atoms with Gasteiger partial charge in [-0.25, -0.2) is 4.98 Å². The largest absolute Gasteiger partial charge is 0.352 e. The molecule has 1 amide bonds. The summed E-state index contributed by atoms with van der Waals surface area (Å²) in [4.78, 5) is 17.0. The average molecular weight is 390 g/mol. The molecule has 26 heavy (non-hydrogen) atoms. The summed E-state index contributed by atoms with van der Waals surface area (Å²) in [6.45, 7) is 0.765. The highest BCUT2D eigenvalue weighted by Gasteiger charge is 2.29. The van der Waals surface area contributed by atoms with Crippen molar-refractivity contribution in [2.45, 2.75) is 38.0 Å². The number of benzene rings is 1. The van der Waals surface area contributed by atoms with Crippen molar-refractivity contribution >= 4 is 40.6 Å². The fourth-order valence-electron chi connectivity index (χ4n) is 3.22. The van der Waals surface area contributed by atoms with E-state index in [0.717, 1.165) is 24.9 Å². The molecule has 0 bridgehead atoms. The third-order valence-electron chi connectivity index (χ3n) is 5.16. The molecule has 2 fully saturated rings. The van der Waals surface area contributed by atoms with E-state index in [2.05, 4.69) is 15.6 Å². The Morgan fingerprint density at radius 2 is 1.96 bits per heavy atom. The Bertz CT molecular complexity index is 832. The Morgan fingerprint density at radius 3 is 2.65 bits per heavy atom. The molecule has 1 aromatic carbocycles. The number of nitrogens with one attached hydrogen (secondary N) is 2. The van der Waals surface area contributed by atoms with Crippen LogP contribution in [0, 0.1) is 5.92 Å². The van der Waals surface area contributed by atoms with E-state index in [1.165, 1.54) is 19.3 Å². The molecular formula is C20H21Cl2N3O. The van der Waals surface area contributed by atoms with Crippen LogP contribution in [0.5, 0.6) is 0 Å². The monoisotopic (exact) mass is 389 g/mol. The molecule has 2 aliphatic carbocycles. The third-order valence-corrected chi connectivity index (χ3v) is 5.73. The van der Waals surface area contributed by atoms with Gasteiger partial charge in [-0.3, -0.25) is 4.79 Å². The maximum atomic E-state index is 12.6. The highest BCUT2D eigenvalue weighted by molar-refractivity contribution is 6.35. The topological polar surface area (TPSA) is 54.0 Å². The van der Waals surface area contributed by atoms with Crippen molar-refractivity contribution in [1.29, 1.82) is 0 Å². The predicted octanol–water partition coefficient (Wildman–Crippen LogP) is 5.54. The SMILES string of the molecule is O=C(NCC1CCC1)c1cnc(Nc2cc(Cl)ccc2Cl)cc1C1CC1. The summed E-state index contributed by atoms with van der Waals surface area (Å²) in [6.07, 6.45) is 7.62. The minimum absolute atomic E-state index is 0.0152. The Hall–Kier alpha value is -1.78. The minimum atomic E-state index is -0.0152. The molecule has 136 valence electrons. The van der Waals surface area contributed by atoms with Gasteiger partial charge in [0, 0.05) is 17.8 Å². The van der Waals surface area contributed by atoms with Crippen LogP contribution in [0.25, 0.3) is 0 Å². The maximum absolute atomic E-state index is 12.6. The van der Waals surface area contributed by atoms with Gasteiger partial charge in [0.15, 0.2) is 0 Å². The van der Waals surface area contributed by atoms with Gasteiger partial charge in [0.1, 0.15) is 5.82 Å². The van der Waals surface area contributed by atoms with Crippen molar-refractivity contribution in [3.05, 3.63) is 51.6 Å². The zero-order valence-corrected chi connectivity index (χ0v) is 15.9. The number of aromatic nitrogens is 1. The number of nitrogens with zero attached hydrogens (tertiary/aromatic N) is 1. The van der Waals surface area contributed by atoms with Crippen molar-refractivity contribution in [1.82, 2.24) is 10.3 Å². The number of rotatable bonds is 6. The lowest BCUT2D eigenvalue weighted by atomic mass is 9.85. The summed E-state index contributed by atoms with van der Waals surface area (Å²) in [7, 11) is 0. The first-order chi connectivity index (χ1) is 12.6. The van der Waals surface area contributed by atoms with Crippen molar-refractivity contribution in [3.63, 3.8) is 0 Å². The van der Waals surface area contributed by atoms with Gasteiger partial charge in [0.05, 0.1) is 16.3 Å². The zero-order valence-electron chi connectivity index (χ0n) is 14.4. The number of hydrogen-bond acceptors (Lipinski definition) is 3. The number of halogens is 2. The first-order valence-corrected chi connectivity index (χ1v) is 9.86. The molecule has 2 aliphatic rings. The summed E-state index contributed by atoms with van der Waals surface area (Å²) in [6, 6.07) is 7.22. The molecule has 0 atom stereocenters. The fraction of sp³-hybridized carbons (Fsp3) is 0.400. The van der Waals surface area contributed by atoms with Crippen LogP contribution in [-0.2, 0) is 0 Å². The lowest BCUT2D eigenvalue weighted by Crippen LogP contribution is -2.32. The molecule has 0 unspecified atom stereocenters. The quantitative estimate of drug-likeness (QED) is 0.681. The molecule has 2 N–H and O–H groups in total. The van der Waals surface area contributed by atoms with Crippen LogP contribution in [0.4, 0.5) is 11.5 Å². The van der Waals surface area contributed by atoms with Crippen molar-refractivity contribution < 1.29 is 4.79 Å². The van der Waals surface area contributed by atoms with Gasteiger partial charge < -0.3 is 10.6 Å². The number of amides is 1. The predicted molar refractivity (Wildman–Crippen MR) is 106 cm³/mol. The molecule has 0 saturated heterocycles. The Balaban J connectivity index is 1.53. The van der Waals surface area contributed by atoms with E-state index < -0.39 is 0 Å². The second-order valence-electron chi connectivity index (χ2n) is 7.19. The summed E-state index contributed by atoms with van der Waals surface area (Å²) in [5, 5.41) is 7.46. The van der Waals surface area contributed by atoms with Crippen LogP contribution in [0.1, 0.15) is 53.9 Å². The van der Waals surface area contributed by atoms with E-state index in [9.17, 15) is 4.79 Å². The maximum Gasteiger partial charge on any atom is 0.253 e. The number of anilines is 2. The smallest absolute Gasteiger partial charge is 0.253 e. The molecule has 4 nitrogen and oxygen atoms in total. The fourth-order valence-corrected chi connectivity index (χ4v) is 3.56. The van der Waals surface area contributed by atoms with Gasteiger partial charge in [0.25, 0.3) is 5.91 Å². The van der Waals surface area contributed by atoms with Crippen LogP contribution in [0.3, 0.4) is 0 Å². The van der Waals surface area contributed by atoms with Crippen molar-refractivity contribution in [3.8, 4) is 0 Å². The zero-order chi connectivity index (χ0) is 18.1. The Kier molecular flexibility index (Phi) is 5.05.